The van der Waals surface area contributed by atoms with Crippen LogP contribution in [0.1, 0.15) is 63.7 Å². The molecule has 0 heterocycles. The molecule has 0 aromatic heterocycles. The Hall–Kier alpha value is -4.33. The Morgan fingerprint density at radius 1 is 0.686 bits per heavy atom. The minimum atomic E-state index is -0.534. The van der Waals surface area contributed by atoms with E-state index in [0.29, 0.717) is 40.5 Å². The second kappa shape index (κ2) is 12.2. The Bertz CT molecular complexity index is 1100. The molecule has 0 bridgehead atoms. The zero-order valence-electron chi connectivity index (χ0n) is 19.7. The molecule has 0 fully saturated rings. The minimum Gasteiger partial charge on any atom is -0.462 e. The molecule has 0 spiro atoms. The van der Waals surface area contributed by atoms with Gasteiger partial charge in [-0.3, -0.25) is 9.59 Å². The number of nitrogens with one attached hydrogen (secondary N) is 2. The Kier molecular flexibility index (Phi) is 8.83. The van der Waals surface area contributed by atoms with Crippen LogP contribution in [0.4, 0.5) is 22.7 Å². The van der Waals surface area contributed by atoms with Crippen LogP contribution in [0.15, 0.2) is 66.7 Å². The lowest BCUT2D eigenvalue weighted by atomic mass is 10.1. The topological polar surface area (TPSA) is 137 Å². The van der Waals surface area contributed by atoms with Crippen molar-refractivity contribution in [3.8, 4) is 0 Å². The second-order valence-electron chi connectivity index (χ2n) is 8.15. The number of hydrogen-bond acceptors (Lipinski definition) is 6. The van der Waals surface area contributed by atoms with Crippen molar-refractivity contribution in [2.24, 2.45) is 0 Å². The Morgan fingerprint density at radius 3 is 1.63 bits per heavy atom. The second-order valence-corrected chi connectivity index (χ2v) is 8.15. The summed E-state index contributed by atoms with van der Waals surface area (Å²) in [6.45, 7) is 2.41. The van der Waals surface area contributed by atoms with Crippen LogP contribution in [0.25, 0.3) is 0 Å². The van der Waals surface area contributed by atoms with Crippen molar-refractivity contribution < 1.29 is 19.1 Å². The molecule has 8 nitrogen and oxygen atoms in total. The molecule has 35 heavy (non-hydrogen) atoms. The number of ether oxygens (including phenoxy) is 1. The first-order valence-electron chi connectivity index (χ1n) is 11.5. The Morgan fingerprint density at radius 2 is 1.17 bits per heavy atom. The normalized spacial score (nSPS) is 10.4. The van der Waals surface area contributed by atoms with Gasteiger partial charge in [0.15, 0.2) is 0 Å². The van der Waals surface area contributed by atoms with Crippen molar-refractivity contribution in [3.63, 3.8) is 0 Å². The van der Waals surface area contributed by atoms with Crippen molar-refractivity contribution in [3.05, 3.63) is 83.4 Å². The average molecular weight is 475 g/mol. The predicted octanol–water partition coefficient (Wildman–Crippen LogP) is 5.09. The lowest BCUT2D eigenvalue weighted by molar-refractivity contribution is 0.0497. The summed E-state index contributed by atoms with van der Waals surface area (Å²) >= 11 is 0. The molecule has 0 atom stereocenters. The smallest absolute Gasteiger partial charge is 0.338 e. The molecule has 2 amide bonds. The van der Waals surface area contributed by atoms with E-state index in [2.05, 4.69) is 17.6 Å². The zero-order chi connectivity index (χ0) is 25.2. The molecule has 0 saturated heterocycles. The van der Waals surface area contributed by atoms with Crippen LogP contribution in [0.5, 0.6) is 0 Å². The minimum absolute atomic E-state index is 0.211. The fourth-order valence-corrected chi connectivity index (χ4v) is 3.34. The number of hydrogen-bond donors (Lipinski definition) is 4. The van der Waals surface area contributed by atoms with Gasteiger partial charge < -0.3 is 26.8 Å². The maximum Gasteiger partial charge on any atom is 0.338 e. The molecular formula is C27H30N4O4. The van der Waals surface area contributed by atoms with Crippen molar-refractivity contribution in [1.29, 1.82) is 0 Å². The van der Waals surface area contributed by atoms with Gasteiger partial charge in [0.25, 0.3) is 11.8 Å². The monoisotopic (exact) mass is 474 g/mol. The predicted molar refractivity (Wildman–Crippen MR) is 138 cm³/mol. The van der Waals surface area contributed by atoms with Gasteiger partial charge in [0, 0.05) is 33.9 Å². The first-order chi connectivity index (χ1) is 16.9. The molecule has 0 aliphatic rings. The number of esters is 1. The van der Waals surface area contributed by atoms with Gasteiger partial charge >= 0.3 is 5.97 Å². The highest BCUT2D eigenvalue weighted by Gasteiger charge is 2.15. The zero-order valence-corrected chi connectivity index (χ0v) is 19.7. The van der Waals surface area contributed by atoms with Crippen LogP contribution in [-0.4, -0.2) is 24.4 Å². The molecule has 182 valence electrons. The van der Waals surface area contributed by atoms with Gasteiger partial charge in [0.2, 0.25) is 0 Å². The maximum absolute atomic E-state index is 12.7. The summed E-state index contributed by atoms with van der Waals surface area (Å²) in [5.74, 6) is -1.30. The van der Waals surface area contributed by atoms with Gasteiger partial charge in [-0.05, 0) is 73.2 Å². The van der Waals surface area contributed by atoms with Crippen molar-refractivity contribution in [2.45, 2.75) is 32.6 Å². The molecule has 8 heteroatoms. The van der Waals surface area contributed by atoms with Gasteiger partial charge in [-0.2, -0.15) is 0 Å². The Balaban J connectivity index is 1.80. The van der Waals surface area contributed by atoms with E-state index < -0.39 is 5.97 Å². The summed E-state index contributed by atoms with van der Waals surface area (Å²) in [4.78, 5) is 38.1. The third kappa shape index (κ3) is 7.60. The van der Waals surface area contributed by atoms with E-state index in [9.17, 15) is 14.4 Å². The lowest BCUT2D eigenvalue weighted by Gasteiger charge is -2.13. The molecule has 0 aliphatic heterocycles. The summed E-state index contributed by atoms with van der Waals surface area (Å²) in [6.07, 6.45) is 3.91. The number of carbonyl (C=O) groups excluding carboxylic acids is 3. The van der Waals surface area contributed by atoms with Gasteiger partial charge in [-0.1, -0.05) is 26.2 Å². The van der Waals surface area contributed by atoms with Crippen LogP contribution in [0, 0.1) is 0 Å². The molecule has 3 rings (SSSR count). The van der Waals surface area contributed by atoms with Gasteiger partial charge in [0.1, 0.15) is 0 Å². The summed E-state index contributed by atoms with van der Waals surface area (Å²) in [7, 11) is 0. The lowest BCUT2D eigenvalue weighted by Crippen LogP contribution is -2.16. The summed E-state index contributed by atoms with van der Waals surface area (Å²) in [5.41, 5.74) is 14.1. The number of unbranched alkanes of at least 4 members (excludes halogenated alkanes) is 3. The summed E-state index contributed by atoms with van der Waals surface area (Å²) in [5, 5.41) is 5.52. The SMILES string of the molecule is CCCCCCOC(=O)c1cc(NC(=O)c2ccc(N)cc2)cc(NC(=O)c2ccc(N)cc2)c1. The fourth-order valence-electron chi connectivity index (χ4n) is 3.34. The number of nitrogen functional groups attached to an aromatic ring is 2. The first kappa shape index (κ1) is 25.3. The van der Waals surface area contributed by atoms with Crippen molar-refractivity contribution in [2.75, 3.05) is 28.7 Å². The molecule has 6 N–H and O–H groups in total. The fraction of sp³-hybridized carbons (Fsp3) is 0.222. The number of carbonyl (C=O) groups is 3. The van der Waals surface area contributed by atoms with Crippen LogP contribution < -0.4 is 22.1 Å². The van der Waals surface area contributed by atoms with Crippen LogP contribution in [0.2, 0.25) is 0 Å². The van der Waals surface area contributed by atoms with E-state index >= 15 is 0 Å². The van der Waals surface area contributed by atoms with E-state index in [0.717, 1.165) is 25.7 Å². The summed E-state index contributed by atoms with van der Waals surface area (Å²) in [6, 6.07) is 17.5. The molecule has 0 unspecified atom stereocenters. The highest BCUT2D eigenvalue weighted by molar-refractivity contribution is 6.07. The van der Waals surface area contributed by atoms with Crippen molar-refractivity contribution in [1.82, 2.24) is 0 Å². The van der Waals surface area contributed by atoms with E-state index in [4.69, 9.17) is 16.2 Å². The van der Waals surface area contributed by atoms with E-state index in [1.54, 1.807) is 54.6 Å². The number of benzene rings is 3. The van der Waals surface area contributed by atoms with Crippen LogP contribution in [-0.2, 0) is 4.74 Å². The van der Waals surface area contributed by atoms with Crippen molar-refractivity contribution >= 4 is 40.5 Å². The Labute approximate surface area is 204 Å². The molecule has 0 aliphatic carbocycles. The number of amides is 2. The van der Waals surface area contributed by atoms with Crippen LogP contribution in [0.3, 0.4) is 0 Å². The van der Waals surface area contributed by atoms with E-state index in [-0.39, 0.29) is 17.4 Å². The van der Waals surface area contributed by atoms with Crippen LogP contribution >= 0.6 is 0 Å². The number of nitrogens with two attached hydrogens (primary N) is 2. The highest BCUT2D eigenvalue weighted by Crippen LogP contribution is 2.22. The third-order valence-corrected chi connectivity index (χ3v) is 5.26. The molecule has 3 aromatic carbocycles. The van der Waals surface area contributed by atoms with E-state index in [1.807, 2.05) is 0 Å². The average Bonchev–Trinajstić information content (AvgIpc) is 2.84. The quantitative estimate of drug-likeness (QED) is 0.183. The van der Waals surface area contributed by atoms with E-state index in [1.165, 1.54) is 12.1 Å². The molecule has 0 saturated carbocycles. The van der Waals surface area contributed by atoms with Gasteiger partial charge in [-0.15, -0.1) is 0 Å². The first-order valence-corrected chi connectivity index (χ1v) is 11.5. The number of rotatable bonds is 10. The van der Waals surface area contributed by atoms with Gasteiger partial charge in [0.05, 0.1) is 12.2 Å². The maximum atomic E-state index is 12.7. The van der Waals surface area contributed by atoms with Gasteiger partial charge in [-0.25, -0.2) is 4.79 Å². The molecule has 3 aromatic rings. The standard InChI is InChI=1S/C27H30N4O4/c1-2-3-4-5-14-35-27(34)20-15-23(30-25(32)18-6-10-21(28)11-7-18)17-24(16-20)31-26(33)19-8-12-22(29)13-9-19/h6-13,15-17H,2-5,14,28-29H2,1H3,(H,30,32)(H,31,33). The highest BCUT2D eigenvalue weighted by atomic mass is 16.5. The third-order valence-electron chi connectivity index (χ3n) is 5.26. The number of anilines is 4. The summed E-state index contributed by atoms with van der Waals surface area (Å²) < 4.78 is 5.40. The molecule has 0 radical (unpaired) electrons. The largest absolute Gasteiger partial charge is 0.462 e. The molecular weight excluding hydrogens is 444 g/mol.